The lowest BCUT2D eigenvalue weighted by Crippen LogP contribution is -2.35. The van der Waals surface area contributed by atoms with E-state index in [1.807, 2.05) is 24.4 Å². The van der Waals surface area contributed by atoms with Gasteiger partial charge in [0.1, 0.15) is 0 Å². The largest absolute Gasteiger partial charge is 0.361 e. The molecule has 1 aliphatic rings. The van der Waals surface area contributed by atoms with Gasteiger partial charge in [0.2, 0.25) is 10.0 Å². The van der Waals surface area contributed by atoms with Crippen molar-refractivity contribution in [2.45, 2.75) is 25.3 Å². The third kappa shape index (κ3) is 2.40. The molecule has 4 nitrogen and oxygen atoms in total. The number of nitrogens with zero attached hydrogens (tertiary/aromatic N) is 1. The molecule has 1 aromatic heterocycles. The Bertz CT molecular complexity index is 690. The van der Waals surface area contributed by atoms with Crippen LogP contribution >= 0.6 is 0 Å². The average Bonchev–Trinajstić information content (AvgIpc) is 2.97. The molecule has 5 heteroatoms. The fourth-order valence-corrected chi connectivity index (χ4v) is 4.19. The van der Waals surface area contributed by atoms with E-state index in [1.54, 1.807) is 4.31 Å². The van der Waals surface area contributed by atoms with E-state index < -0.39 is 10.0 Å². The topological polar surface area (TPSA) is 53.2 Å². The number of sulfonamides is 1. The molecule has 3 rings (SSSR count). The number of hydrogen-bond acceptors (Lipinski definition) is 2. The first-order valence-corrected chi connectivity index (χ1v) is 8.42. The summed E-state index contributed by atoms with van der Waals surface area (Å²) in [5, 5.41) is 1.20. The Morgan fingerprint density at radius 3 is 2.95 bits per heavy atom. The van der Waals surface area contributed by atoms with E-state index in [0.717, 1.165) is 24.8 Å². The molecule has 0 saturated carbocycles. The van der Waals surface area contributed by atoms with E-state index in [-0.39, 0.29) is 6.04 Å². The Balaban J connectivity index is 1.89. The molecule has 2 aromatic rings. The minimum absolute atomic E-state index is 0.106. The summed E-state index contributed by atoms with van der Waals surface area (Å²) >= 11 is 0. The molecule has 19 heavy (non-hydrogen) atoms. The molecule has 1 N–H and O–H groups in total. The lowest BCUT2D eigenvalue weighted by atomic mass is 10.0. The minimum atomic E-state index is -3.09. The monoisotopic (exact) mass is 278 g/mol. The predicted molar refractivity (Wildman–Crippen MR) is 76.6 cm³/mol. The van der Waals surface area contributed by atoms with Crippen molar-refractivity contribution in [3.8, 4) is 0 Å². The van der Waals surface area contributed by atoms with E-state index in [9.17, 15) is 8.42 Å². The van der Waals surface area contributed by atoms with Crippen LogP contribution in [0.3, 0.4) is 0 Å². The molecule has 0 spiro atoms. The molecule has 1 aromatic carbocycles. The van der Waals surface area contributed by atoms with Crippen molar-refractivity contribution in [2.75, 3.05) is 12.8 Å². The number of aromatic amines is 1. The molecule has 0 aliphatic carbocycles. The number of para-hydroxylation sites is 1. The molecule has 1 saturated heterocycles. The molecule has 1 atom stereocenters. The Morgan fingerprint density at radius 2 is 2.16 bits per heavy atom. The number of rotatable bonds is 3. The molecular formula is C14H18N2O2S. The van der Waals surface area contributed by atoms with Crippen LogP contribution < -0.4 is 0 Å². The average molecular weight is 278 g/mol. The maximum absolute atomic E-state index is 11.8. The van der Waals surface area contributed by atoms with Crippen molar-refractivity contribution in [2.24, 2.45) is 0 Å². The first-order chi connectivity index (χ1) is 9.05. The molecule has 1 unspecified atom stereocenters. The Hall–Kier alpha value is -1.33. The number of fused-ring (bicyclic) bond motifs is 1. The van der Waals surface area contributed by atoms with Gasteiger partial charge in [-0.3, -0.25) is 0 Å². The SMILES string of the molecule is CS(=O)(=O)N1CCCC1Cc1c[nH]c2ccccc12. The second-order valence-corrected chi connectivity index (χ2v) is 7.17. The van der Waals surface area contributed by atoms with Crippen LogP contribution in [0.25, 0.3) is 10.9 Å². The number of aromatic nitrogens is 1. The van der Waals surface area contributed by atoms with Crippen molar-refractivity contribution >= 4 is 20.9 Å². The molecule has 0 amide bonds. The Morgan fingerprint density at radius 1 is 1.37 bits per heavy atom. The second-order valence-electron chi connectivity index (χ2n) is 5.23. The van der Waals surface area contributed by atoms with Gasteiger partial charge in [0.15, 0.2) is 0 Å². The van der Waals surface area contributed by atoms with E-state index in [4.69, 9.17) is 0 Å². The van der Waals surface area contributed by atoms with Crippen LogP contribution in [-0.2, 0) is 16.4 Å². The van der Waals surface area contributed by atoms with Crippen molar-refractivity contribution < 1.29 is 8.42 Å². The molecule has 1 fully saturated rings. The number of H-pyrrole nitrogens is 1. The summed E-state index contributed by atoms with van der Waals surface area (Å²) in [6, 6.07) is 8.25. The number of hydrogen-bond donors (Lipinski definition) is 1. The summed E-state index contributed by atoms with van der Waals surface area (Å²) in [6.07, 6.45) is 6.01. The third-order valence-electron chi connectivity index (χ3n) is 3.88. The predicted octanol–water partition coefficient (Wildman–Crippen LogP) is 2.13. The van der Waals surface area contributed by atoms with Crippen molar-refractivity contribution in [1.29, 1.82) is 0 Å². The lowest BCUT2D eigenvalue weighted by molar-refractivity contribution is 0.389. The van der Waals surface area contributed by atoms with Crippen molar-refractivity contribution in [3.05, 3.63) is 36.0 Å². The van der Waals surface area contributed by atoms with E-state index in [0.29, 0.717) is 6.54 Å². The zero-order chi connectivity index (χ0) is 13.5. The molecular weight excluding hydrogens is 260 g/mol. The first-order valence-electron chi connectivity index (χ1n) is 6.57. The van der Waals surface area contributed by atoms with Gasteiger partial charge in [0.25, 0.3) is 0 Å². The fourth-order valence-electron chi connectivity index (χ4n) is 3.00. The fraction of sp³-hybridized carbons (Fsp3) is 0.429. The smallest absolute Gasteiger partial charge is 0.211 e. The summed E-state index contributed by atoms with van der Waals surface area (Å²) in [6.45, 7) is 0.659. The molecule has 102 valence electrons. The Kier molecular flexibility index (Phi) is 3.11. The molecule has 0 bridgehead atoms. The Labute approximate surface area is 113 Å². The normalized spacial score (nSPS) is 21.2. The van der Waals surface area contributed by atoms with Gasteiger partial charge in [-0.05, 0) is 30.9 Å². The van der Waals surface area contributed by atoms with Gasteiger partial charge in [0, 0.05) is 29.7 Å². The van der Waals surface area contributed by atoms with Crippen LogP contribution in [0.4, 0.5) is 0 Å². The van der Waals surface area contributed by atoms with Gasteiger partial charge < -0.3 is 4.98 Å². The maximum atomic E-state index is 11.8. The number of nitrogens with one attached hydrogen (secondary N) is 1. The summed E-state index contributed by atoms with van der Waals surface area (Å²) in [5.41, 5.74) is 2.32. The summed E-state index contributed by atoms with van der Waals surface area (Å²) < 4.78 is 25.2. The van der Waals surface area contributed by atoms with Gasteiger partial charge >= 0.3 is 0 Å². The van der Waals surface area contributed by atoms with Crippen LogP contribution in [0.15, 0.2) is 30.5 Å². The highest BCUT2D eigenvalue weighted by molar-refractivity contribution is 7.88. The van der Waals surface area contributed by atoms with Gasteiger partial charge in [-0.25, -0.2) is 8.42 Å². The molecule has 1 aliphatic heterocycles. The zero-order valence-corrected chi connectivity index (χ0v) is 11.8. The summed E-state index contributed by atoms with van der Waals surface area (Å²) in [5.74, 6) is 0. The quantitative estimate of drug-likeness (QED) is 0.935. The van der Waals surface area contributed by atoms with Crippen LogP contribution in [0.5, 0.6) is 0 Å². The zero-order valence-electron chi connectivity index (χ0n) is 11.0. The van der Waals surface area contributed by atoms with Gasteiger partial charge in [-0.1, -0.05) is 18.2 Å². The van der Waals surface area contributed by atoms with Gasteiger partial charge in [-0.15, -0.1) is 0 Å². The highest BCUT2D eigenvalue weighted by atomic mass is 32.2. The first kappa shape index (κ1) is 12.7. The van der Waals surface area contributed by atoms with Crippen LogP contribution in [-0.4, -0.2) is 36.5 Å². The van der Waals surface area contributed by atoms with Crippen LogP contribution in [0, 0.1) is 0 Å². The third-order valence-corrected chi connectivity index (χ3v) is 5.21. The highest BCUT2D eigenvalue weighted by Gasteiger charge is 2.31. The van der Waals surface area contributed by atoms with E-state index in [1.165, 1.54) is 17.2 Å². The highest BCUT2D eigenvalue weighted by Crippen LogP contribution is 2.26. The summed E-state index contributed by atoms with van der Waals surface area (Å²) in [4.78, 5) is 3.25. The van der Waals surface area contributed by atoms with Crippen LogP contribution in [0.2, 0.25) is 0 Å². The summed E-state index contributed by atoms with van der Waals surface area (Å²) in [7, 11) is -3.09. The maximum Gasteiger partial charge on any atom is 0.211 e. The van der Waals surface area contributed by atoms with Gasteiger partial charge in [0.05, 0.1) is 6.26 Å². The van der Waals surface area contributed by atoms with E-state index in [2.05, 4.69) is 11.1 Å². The van der Waals surface area contributed by atoms with Crippen molar-refractivity contribution in [1.82, 2.24) is 9.29 Å². The molecule has 0 radical (unpaired) electrons. The molecule has 2 heterocycles. The van der Waals surface area contributed by atoms with E-state index >= 15 is 0 Å². The lowest BCUT2D eigenvalue weighted by Gasteiger charge is -2.21. The van der Waals surface area contributed by atoms with Crippen LogP contribution in [0.1, 0.15) is 18.4 Å². The minimum Gasteiger partial charge on any atom is -0.361 e. The van der Waals surface area contributed by atoms with Crippen molar-refractivity contribution in [3.63, 3.8) is 0 Å². The number of benzene rings is 1. The second kappa shape index (κ2) is 4.65. The standard InChI is InChI=1S/C14H18N2O2S/c1-19(17,18)16-8-4-5-12(16)9-11-10-15-14-7-3-2-6-13(11)14/h2-3,6-7,10,12,15H,4-5,8-9H2,1H3. The van der Waals surface area contributed by atoms with Gasteiger partial charge in [-0.2, -0.15) is 4.31 Å².